The van der Waals surface area contributed by atoms with Gasteiger partial charge in [-0.15, -0.1) is 0 Å². The normalized spacial score (nSPS) is 13.6. The van der Waals surface area contributed by atoms with Crippen molar-refractivity contribution >= 4 is 20.2 Å². The van der Waals surface area contributed by atoms with E-state index in [1.54, 1.807) is 0 Å². The SMILES string of the molecule is O=S(=O)(O)CCC(F)(F)C(F)(F)F.O=S(=O)(O)CCC(F)(F)C(F)(F)F.OCCCO. The van der Waals surface area contributed by atoms with Crippen LogP contribution in [0.4, 0.5) is 43.9 Å². The van der Waals surface area contributed by atoms with Crippen molar-refractivity contribution in [2.24, 2.45) is 0 Å². The molecule has 0 saturated heterocycles. The molecule has 0 spiro atoms. The molecule has 0 aromatic rings. The van der Waals surface area contributed by atoms with Crippen LogP contribution in [-0.2, 0) is 20.2 Å². The molecule has 192 valence electrons. The van der Waals surface area contributed by atoms with Gasteiger partial charge in [-0.25, -0.2) is 0 Å². The zero-order chi connectivity index (χ0) is 25.9. The summed E-state index contributed by atoms with van der Waals surface area (Å²) in [7, 11) is -9.60. The van der Waals surface area contributed by atoms with Crippen LogP contribution in [0.1, 0.15) is 19.3 Å². The minimum Gasteiger partial charge on any atom is -0.396 e. The van der Waals surface area contributed by atoms with Crippen LogP contribution in [0.25, 0.3) is 0 Å². The van der Waals surface area contributed by atoms with E-state index in [2.05, 4.69) is 0 Å². The van der Waals surface area contributed by atoms with Crippen molar-refractivity contribution < 1.29 is 80.1 Å². The highest BCUT2D eigenvalue weighted by molar-refractivity contribution is 7.86. The summed E-state index contributed by atoms with van der Waals surface area (Å²) in [6.07, 6.45) is -15.0. The molecule has 0 bridgehead atoms. The number of halogens is 10. The third-order valence-electron chi connectivity index (χ3n) is 2.49. The molecular formula is C11H18F10O8S2. The Hall–Kier alpha value is -0.960. The number of hydrogen-bond donors (Lipinski definition) is 4. The lowest BCUT2D eigenvalue weighted by atomic mass is 10.2. The van der Waals surface area contributed by atoms with E-state index < -0.39 is 68.8 Å². The van der Waals surface area contributed by atoms with Gasteiger partial charge in [-0.1, -0.05) is 0 Å². The third-order valence-corrected chi connectivity index (χ3v) is 3.93. The number of aliphatic hydroxyl groups excluding tert-OH is 2. The molecule has 0 aliphatic heterocycles. The lowest BCUT2D eigenvalue weighted by Gasteiger charge is -2.18. The zero-order valence-corrected chi connectivity index (χ0v) is 16.6. The van der Waals surface area contributed by atoms with Crippen molar-refractivity contribution in [3.05, 3.63) is 0 Å². The van der Waals surface area contributed by atoms with Gasteiger partial charge in [0.1, 0.15) is 0 Å². The molecule has 0 saturated carbocycles. The van der Waals surface area contributed by atoms with E-state index in [1.165, 1.54) is 0 Å². The average Bonchev–Trinajstić information content (AvgIpc) is 2.50. The molecule has 20 heteroatoms. The largest absolute Gasteiger partial charge is 0.453 e. The van der Waals surface area contributed by atoms with E-state index in [-0.39, 0.29) is 13.2 Å². The Bertz CT molecular complexity index is 641. The van der Waals surface area contributed by atoms with Gasteiger partial charge in [0.2, 0.25) is 0 Å². The van der Waals surface area contributed by atoms with Gasteiger partial charge in [-0.2, -0.15) is 60.7 Å². The minimum absolute atomic E-state index is 0.0938. The molecule has 0 aliphatic carbocycles. The Morgan fingerprint density at radius 2 is 0.774 bits per heavy atom. The van der Waals surface area contributed by atoms with E-state index in [0.29, 0.717) is 6.42 Å². The Morgan fingerprint density at radius 3 is 0.871 bits per heavy atom. The predicted octanol–water partition coefficient (Wildman–Crippen LogP) is 2.28. The van der Waals surface area contributed by atoms with Crippen LogP contribution in [0.15, 0.2) is 0 Å². The molecular weight excluding hydrogens is 514 g/mol. The van der Waals surface area contributed by atoms with Crippen molar-refractivity contribution in [3.8, 4) is 0 Å². The predicted molar refractivity (Wildman–Crippen MR) is 82.9 cm³/mol. The molecule has 0 aliphatic rings. The number of aliphatic hydroxyl groups is 2. The van der Waals surface area contributed by atoms with Crippen LogP contribution in [0.2, 0.25) is 0 Å². The second kappa shape index (κ2) is 12.9. The lowest BCUT2D eigenvalue weighted by Crippen LogP contribution is -2.37. The second-order valence-electron chi connectivity index (χ2n) is 5.28. The molecule has 0 radical (unpaired) electrons. The van der Waals surface area contributed by atoms with Gasteiger partial charge >= 0.3 is 24.2 Å². The molecule has 8 nitrogen and oxygen atoms in total. The summed E-state index contributed by atoms with van der Waals surface area (Å²) in [5.74, 6) is -13.4. The van der Waals surface area contributed by atoms with Crippen molar-refractivity contribution in [1.29, 1.82) is 0 Å². The van der Waals surface area contributed by atoms with Gasteiger partial charge < -0.3 is 10.2 Å². The van der Waals surface area contributed by atoms with Crippen molar-refractivity contribution in [2.45, 2.75) is 43.5 Å². The summed E-state index contributed by atoms with van der Waals surface area (Å²) in [5.41, 5.74) is 0. The smallest absolute Gasteiger partial charge is 0.396 e. The number of hydrogen-bond acceptors (Lipinski definition) is 6. The fraction of sp³-hybridized carbons (Fsp3) is 1.00. The highest BCUT2D eigenvalue weighted by Crippen LogP contribution is 2.38. The molecule has 0 aromatic carbocycles. The molecule has 4 N–H and O–H groups in total. The van der Waals surface area contributed by atoms with E-state index in [1.807, 2.05) is 0 Å². The summed E-state index contributed by atoms with van der Waals surface area (Å²) in [5, 5.41) is 15.8. The Morgan fingerprint density at radius 1 is 0.548 bits per heavy atom. The lowest BCUT2D eigenvalue weighted by molar-refractivity contribution is -0.282. The topological polar surface area (TPSA) is 149 Å². The van der Waals surface area contributed by atoms with Gasteiger partial charge in [0.25, 0.3) is 20.2 Å². The van der Waals surface area contributed by atoms with Gasteiger partial charge in [0.05, 0.1) is 11.5 Å². The maximum Gasteiger partial charge on any atom is 0.453 e. The standard InChI is InChI=1S/2C4H5F5O3S.C3H8O2/c2*5-3(6,4(7,8)9)1-2-13(10,11)12;4-2-1-3-5/h2*1-2H2,(H,10,11,12);4-5H,1-3H2. The van der Waals surface area contributed by atoms with Crippen LogP contribution in [0, 0.1) is 0 Å². The molecule has 0 atom stereocenters. The van der Waals surface area contributed by atoms with E-state index >= 15 is 0 Å². The summed E-state index contributed by atoms with van der Waals surface area (Å²) < 4.78 is 171. The first kappa shape index (κ1) is 34.6. The van der Waals surface area contributed by atoms with Crippen molar-refractivity contribution in [1.82, 2.24) is 0 Å². The first-order chi connectivity index (χ1) is 13.3. The van der Waals surface area contributed by atoms with Crippen LogP contribution in [-0.4, -0.2) is 85.1 Å². The summed E-state index contributed by atoms with van der Waals surface area (Å²) in [6.45, 7) is 0.188. The molecule has 0 unspecified atom stereocenters. The summed E-state index contributed by atoms with van der Waals surface area (Å²) in [4.78, 5) is 0. The van der Waals surface area contributed by atoms with Crippen molar-refractivity contribution in [2.75, 3.05) is 24.7 Å². The molecule has 0 aromatic heterocycles. The Balaban J connectivity index is -0.000000416. The molecule has 0 fully saturated rings. The summed E-state index contributed by atoms with van der Waals surface area (Å²) >= 11 is 0. The highest BCUT2D eigenvalue weighted by Gasteiger charge is 2.57. The monoisotopic (exact) mass is 532 g/mol. The third kappa shape index (κ3) is 19.5. The summed E-state index contributed by atoms with van der Waals surface area (Å²) in [6, 6.07) is 0. The van der Waals surface area contributed by atoms with Crippen LogP contribution in [0.3, 0.4) is 0 Å². The Kier molecular flexibility index (Phi) is 14.4. The average molecular weight is 532 g/mol. The number of rotatable bonds is 8. The first-order valence-electron chi connectivity index (χ1n) is 7.34. The zero-order valence-electron chi connectivity index (χ0n) is 15.0. The van der Waals surface area contributed by atoms with Crippen LogP contribution < -0.4 is 0 Å². The second-order valence-corrected chi connectivity index (χ2v) is 8.42. The highest BCUT2D eigenvalue weighted by atomic mass is 32.2. The fourth-order valence-corrected chi connectivity index (χ4v) is 1.90. The molecule has 31 heavy (non-hydrogen) atoms. The van der Waals surface area contributed by atoms with Crippen LogP contribution in [0.5, 0.6) is 0 Å². The van der Waals surface area contributed by atoms with Crippen molar-refractivity contribution in [3.63, 3.8) is 0 Å². The minimum atomic E-state index is -5.79. The maximum atomic E-state index is 12.0. The number of alkyl halides is 10. The van der Waals surface area contributed by atoms with Gasteiger partial charge in [0.15, 0.2) is 0 Å². The van der Waals surface area contributed by atoms with Gasteiger partial charge in [-0.05, 0) is 6.42 Å². The van der Waals surface area contributed by atoms with Gasteiger partial charge in [-0.3, -0.25) is 9.11 Å². The van der Waals surface area contributed by atoms with Gasteiger partial charge in [0, 0.05) is 26.1 Å². The molecule has 0 rings (SSSR count). The van der Waals surface area contributed by atoms with E-state index in [4.69, 9.17) is 19.3 Å². The van der Waals surface area contributed by atoms with Crippen LogP contribution >= 0.6 is 0 Å². The Labute approximate surface area is 169 Å². The molecule has 0 heterocycles. The van der Waals surface area contributed by atoms with E-state index in [0.717, 1.165) is 0 Å². The first-order valence-corrected chi connectivity index (χ1v) is 10.6. The van der Waals surface area contributed by atoms with E-state index in [9.17, 15) is 60.7 Å². The molecule has 0 amide bonds. The maximum absolute atomic E-state index is 12.0. The quantitative estimate of drug-likeness (QED) is 0.275. The fourth-order valence-electron chi connectivity index (χ4n) is 0.869.